The predicted molar refractivity (Wildman–Crippen MR) is 100 cm³/mol. The average molecular weight is 373 g/mol. The van der Waals surface area contributed by atoms with Crippen molar-refractivity contribution in [3.63, 3.8) is 0 Å². The van der Waals surface area contributed by atoms with Crippen LogP contribution in [0.15, 0.2) is 59.4 Å². The van der Waals surface area contributed by atoms with E-state index in [1.54, 1.807) is 29.8 Å². The van der Waals surface area contributed by atoms with Crippen LogP contribution in [0, 0.1) is 0 Å². The molecule has 0 aliphatic carbocycles. The number of halogens is 1. The monoisotopic (exact) mass is 372 g/mol. The zero-order valence-corrected chi connectivity index (χ0v) is 15.2. The van der Waals surface area contributed by atoms with Gasteiger partial charge in [0.05, 0.1) is 17.2 Å². The molecule has 25 heavy (non-hydrogen) atoms. The fourth-order valence-electron chi connectivity index (χ4n) is 2.35. The molecular formula is C19H17ClN2O2S. The van der Waals surface area contributed by atoms with Gasteiger partial charge in [0.15, 0.2) is 0 Å². The first kappa shape index (κ1) is 17.5. The molecular weight excluding hydrogens is 356 g/mol. The van der Waals surface area contributed by atoms with Crippen LogP contribution in [-0.2, 0) is 6.61 Å². The first-order valence-electron chi connectivity index (χ1n) is 7.78. The number of ether oxygens (including phenoxy) is 1. The average Bonchev–Trinajstić information content (AvgIpc) is 3.14. The van der Waals surface area contributed by atoms with E-state index in [9.17, 15) is 4.79 Å². The Balaban J connectivity index is 1.59. The van der Waals surface area contributed by atoms with Gasteiger partial charge in [0.25, 0.3) is 5.91 Å². The van der Waals surface area contributed by atoms with E-state index in [1.165, 1.54) is 11.3 Å². The fraction of sp³-hybridized carbons (Fsp3) is 0.158. The lowest BCUT2D eigenvalue weighted by atomic mass is 10.1. The number of rotatable bonds is 6. The first-order valence-corrected chi connectivity index (χ1v) is 9.11. The minimum Gasteiger partial charge on any atom is -0.487 e. The molecule has 1 amide bonds. The van der Waals surface area contributed by atoms with Crippen molar-refractivity contribution in [2.24, 2.45) is 0 Å². The Morgan fingerprint density at radius 3 is 2.68 bits per heavy atom. The molecule has 1 aromatic heterocycles. The topological polar surface area (TPSA) is 51.2 Å². The first-order chi connectivity index (χ1) is 12.1. The number of nitrogens with one attached hydrogen (secondary N) is 1. The third-order valence-electron chi connectivity index (χ3n) is 3.71. The molecule has 0 saturated heterocycles. The molecule has 0 spiro atoms. The molecule has 3 aromatic rings. The SMILES string of the molecule is C[C@@H](NC(=O)c1ccc(OCc2cscn2)cc1)c1ccccc1Cl. The van der Waals surface area contributed by atoms with Gasteiger partial charge in [-0.3, -0.25) is 4.79 Å². The van der Waals surface area contributed by atoms with Crippen LogP contribution in [0.3, 0.4) is 0 Å². The number of benzene rings is 2. The maximum Gasteiger partial charge on any atom is 0.251 e. The maximum atomic E-state index is 12.4. The van der Waals surface area contributed by atoms with Gasteiger partial charge >= 0.3 is 0 Å². The fourth-order valence-corrected chi connectivity index (χ4v) is 3.20. The van der Waals surface area contributed by atoms with E-state index in [1.807, 2.05) is 36.6 Å². The third-order valence-corrected chi connectivity index (χ3v) is 4.69. The van der Waals surface area contributed by atoms with Crippen molar-refractivity contribution in [3.05, 3.63) is 81.3 Å². The molecule has 0 aliphatic rings. The van der Waals surface area contributed by atoms with E-state index in [0.717, 1.165) is 11.3 Å². The number of nitrogens with zero attached hydrogens (tertiary/aromatic N) is 1. The lowest BCUT2D eigenvalue weighted by Gasteiger charge is -2.16. The highest BCUT2D eigenvalue weighted by Crippen LogP contribution is 2.22. The van der Waals surface area contributed by atoms with Gasteiger partial charge in [-0.2, -0.15) is 0 Å². The molecule has 0 radical (unpaired) electrons. The van der Waals surface area contributed by atoms with E-state index < -0.39 is 0 Å². The second kappa shape index (κ2) is 8.14. The zero-order chi connectivity index (χ0) is 17.6. The second-order valence-electron chi connectivity index (χ2n) is 5.51. The Hall–Kier alpha value is -2.37. The maximum absolute atomic E-state index is 12.4. The van der Waals surface area contributed by atoms with Crippen molar-refractivity contribution in [1.82, 2.24) is 10.3 Å². The molecule has 1 N–H and O–H groups in total. The van der Waals surface area contributed by atoms with E-state index in [-0.39, 0.29) is 11.9 Å². The Bertz CT molecular complexity index is 835. The minimum absolute atomic E-state index is 0.154. The van der Waals surface area contributed by atoms with Crippen molar-refractivity contribution in [1.29, 1.82) is 0 Å². The number of thiazole rings is 1. The summed E-state index contributed by atoms with van der Waals surface area (Å²) >= 11 is 7.71. The standard InChI is InChI=1S/C19H17ClN2O2S/c1-13(17-4-2-3-5-18(17)20)22-19(23)14-6-8-16(9-7-14)24-10-15-11-25-12-21-15/h2-9,11-13H,10H2,1H3,(H,22,23)/t13-/m1/s1. The van der Waals surface area contributed by atoms with Crippen molar-refractivity contribution < 1.29 is 9.53 Å². The quantitative estimate of drug-likeness (QED) is 0.671. The minimum atomic E-state index is -0.179. The van der Waals surface area contributed by atoms with Crippen LogP contribution >= 0.6 is 22.9 Å². The second-order valence-corrected chi connectivity index (χ2v) is 6.64. The van der Waals surface area contributed by atoms with Gasteiger partial charge in [0.2, 0.25) is 0 Å². The summed E-state index contributed by atoms with van der Waals surface area (Å²) in [4.78, 5) is 16.6. The van der Waals surface area contributed by atoms with Crippen LogP contribution in [0.5, 0.6) is 5.75 Å². The normalized spacial score (nSPS) is 11.8. The van der Waals surface area contributed by atoms with Crippen molar-refractivity contribution >= 4 is 28.8 Å². The third kappa shape index (κ3) is 4.59. The number of hydrogen-bond acceptors (Lipinski definition) is 4. The van der Waals surface area contributed by atoms with Crippen LogP contribution in [-0.4, -0.2) is 10.9 Å². The van der Waals surface area contributed by atoms with Crippen molar-refractivity contribution in [2.75, 3.05) is 0 Å². The molecule has 6 heteroatoms. The van der Waals surface area contributed by atoms with Crippen LogP contribution in [0.2, 0.25) is 5.02 Å². The smallest absolute Gasteiger partial charge is 0.251 e. The van der Waals surface area contributed by atoms with Crippen LogP contribution in [0.4, 0.5) is 0 Å². The van der Waals surface area contributed by atoms with Gasteiger partial charge in [0.1, 0.15) is 12.4 Å². The molecule has 1 atom stereocenters. The molecule has 0 saturated carbocycles. The Morgan fingerprint density at radius 2 is 2.00 bits per heavy atom. The van der Waals surface area contributed by atoms with E-state index in [4.69, 9.17) is 16.3 Å². The highest BCUT2D eigenvalue weighted by molar-refractivity contribution is 7.07. The van der Waals surface area contributed by atoms with Crippen LogP contribution < -0.4 is 10.1 Å². The zero-order valence-electron chi connectivity index (χ0n) is 13.6. The van der Waals surface area contributed by atoms with E-state index in [2.05, 4.69) is 10.3 Å². The summed E-state index contributed by atoms with van der Waals surface area (Å²) in [7, 11) is 0. The highest BCUT2D eigenvalue weighted by atomic mass is 35.5. The molecule has 2 aromatic carbocycles. The van der Waals surface area contributed by atoms with Gasteiger partial charge in [-0.1, -0.05) is 29.8 Å². The van der Waals surface area contributed by atoms with Gasteiger partial charge in [-0.25, -0.2) is 4.98 Å². The Kier molecular flexibility index (Phi) is 5.68. The number of carbonyl (C=O) groups excluding carboxylic acids is 1. The molecule has 1 heterocycles. The van der Waals surface area contributed by atoms with Crippen molar-refractivity contribution in [3.8, 4) is 5.75 Å². The van der Waals surface area contributed by atoms with Gasteiger partial charge in [-0.05, 0) is 42.8 Å². The molecule has 0 aliphatic heterocycles. The van der Waals surface area contributed by atoms with E-state index >= 15 is 0 Å². The van der Waals surface area contributed by atoms with Crippen LogP contribution in [0.25, 0.3) is 0 Å². The number of carbonyl (C=O) groups is 1. The molecule has 0 fully saturated rings. The molecule has 0 bridgehead atoms. The van der Waals surface area contributed by atoms with Gasteiger partial charge in [0, 0.05) is 16.0 Å². The number of aromatic nitrogens is 1. The Morgan fingerprint density at radius 1 is 1.24 bits per heavy atom. The molecule has 3 rings (SSSR count). The predicted octanol–water partition coefficient (Wildman–Crippen LogP) is 4.87. The number of amides is 1. The highest BCUT2D eigenvalue weighted by Gasteiger charge is 2.13. The lowest BCUT2D eigenvalue weighted by Crippen LogP contribution is -2.26. The van der Waals surface area contributed by atoms with Crippen molar-refractivity contribution in [2.45, 2.75) is 19.6 Å². The molecule has 128 valence electrons. The number of hydrogen-bond donors (Lipinski definition) is 1. The molecule has 4 nitrogen and oxygen atoms in total. The van der Waals surface area contributed by atoms with Gasteiger partial charge < -0.3 is 10.1 Å². The Labute approximate surface area is 155 Å². The summed E-state index contributed by atoms with van der Waals surface area (Å²) in [5, 5.41) is 5.54. The van der Waals surface area contributed by atoms with Crippen LogP contribution in [0.1, 0.15) is 34.6 Å². The summed E-state index contributed by atoms with van der Waals surface area (Å²) in [6.07, 6.45) is 0. The summed E-state index contributed by atoms with van der Waals surface area (Å²) in [5.74, 6) is 0.544. The summed E-state index contributed by atoms with van der Waals surface area (Å²) in [5.41, 5.74) is 4.12. The molecule has 0 unspecified atom stereocenters. The largest absolute Gasteiger partial charge is 0.487 e. The van der Waals surface area contributed by atoms with E-state index in [0.29, 0.717) is 22.9 Å². The lowest BCUT2D eigenvalue weighted by molar-refractivity contribution is 0.0940. The summed E-state index contributed by atoms with van der Waals surface area (Å²) in [6.45, 7) is 2.32. The summed E-state index contributed by atoms with van der Waals surface area (Å²) in [6, 6.07) is 14.3. The van der Waals surface area contributed by atoms with Gasteiger partial charge in [-0.15, -0.1) is 11.3 Å². The summed E-state index contributed by atoms with van der Waals surface area (Å²) < 4.78 is 5.65.